The Bertz CT molecular complexity index is 1220. The predicted molar refractivity (Wildman–Crippen MR) is 128 cm³/mol. The summed E-state index contributed by atoms with van der Waals surface area (Å²) >= 11 is 1.25. The molecule has 4 rings (SSSR count). The number of piperazine rings is 1. The molecule has 0 atom stereocenters. The monoisotopic (exact) mass is 487 g/mol. The van der Waals surface area contributed by atoms with Crippen molar-refractivity contribution in [3.63, 3.8) is 0 Å². The van der Waals surface area contributed by atoms with Crippen molar-refractivity contribution in [2.24, 2.45) is 0 Å². The zero-order valence-electron chi connectivity index (χ0n) is 18.4. The van der Waals surface area contributed by atoms with Gasteiger partial charge in [-0.15, -0.1) is 5.10 Å². The molecule has 1 aromatic heterocycles. The molecule has 1 aliphatic heterocycles. The Balaban J connectivity index is 1.39. The molecule has 1 amide bonds. The van der Waals surface area contributed by atoms with Crippen LogP contribution in [0.4, 0.5) is 11.4 Å². The smallest absolute Gasteiger partial charge is 0.234 e. The summed E-state index contributed by atoms with van der Waals surface area (Å²) in [5.41, 5.74) is 3.52. The van der Waals surface area contributed by atoms with Crippen molar-refractivity contribution in [3.8, 4) is 5.69 Å². The summed E-state index contributed by atoms with van der Waals surface area (Å²) in [5, 5.41) is 15.3. The highest BCUT2D eigenvalue weighted by atomic mass is 32.2. The lowest BCUT2D eigenvalue weighted by Gasteiger charge is -2.35. The molecule has 2 heterocycles. The van der Waals surface area contributed by atoms with Gasteiger partial charge in [-0.05, 0) is 41.6 Å². The van der Waals surface area contributed by atoms with Crippen molar-refractivity contribution in [1.29, 1.82) is 0 Å². The highest BCUT2D eigenvalue weighted by molar-refractivity contribution is 7.99. The van der Waals surface area contributed by atoms with Gasteiger partial charge in [0.05, 0.1) is 29.1 Å². The molecule has 3 aromatic rings. The Hall–Kier alpha value is -2.96. The number of thioether (sulfide) groups is 1. The molecule has 10 nitrogen and oxygen atoms in total. The van der Waals surface area contributed by atoms with Crippen LogP contribution in [0.15, 0.2) is 53.7 Å². The molecule has 0 spiro atoms. The zero-order valence-corrected chi connectivity index (χ0v) is 20.0. The van der Waals surface area contributed by atoms with E-state index < -0.39 is 10.0 Å². The summed E-state index contributed by atoms with van der Waals surface area (Å²) in [6, 6.07) is 15.3. The number of anilines is 2. The first-order chi connectivity index (χ1) is 15.8. The number of benzene rings is 2. The first kappa shape index (κ1) is 23.2. The van der Waals surface area contributed by atoms with Gasteiger partial charge in [-0.2, -0.15) is 8.99 Å². The van der Waals surface area contributed by atoms with Crippen LogP contribution in [-0.4, -0.2) is 77.0 Å². The Kier molecular flexibility index (Phi) is 6.96. The van der Waals surface area contributed by atoms with Crippen LogP contribution >= 0.6 is 11.8 Å². The van der Waals surface area contributed by atoms with Crippen molar-refractivity contribution < 1.29 is 13.2 Å². The van der Waals surface area contributed by atoms with Gasteiger partial charge < -0.3 is 10.2 Å². The molecule has 0 aliphatic carbocycles. The number of carbonyl (C=O) groups is 1. The third-order valence-electron chi connectivity index (χ3n) is 5.28. The van der Waals surface area contributed by atoms with E-state index in [4.69, 9.17) is 0 Å². The number of sulfonamides is 1. The second kappa shape index (κ2) is 9.89. The van der Waals surface area contributed by atoms with E-state index in [1.165, 1.54) is 22.3 Å². The second-order valence-electron chi connectivity index (χ2n) is 7.71. The van der Waals surface area contributed by atoms with Gasteiger partial charge >= 0.3 is 0 Å². The topological polar surface area (TPSA) is 113 Å². The summed E-state index contributed by atoms with van der Waals surface area (Å²) in [7, 11) is -3.20. The maximum absolute atomic E-state index is 12.7. The number of para-hydroxylation sites is 2. The molecule has 174 valence electrons. The molecule has 0 saturated carbocycles. The minimum absolute atomic E-state index is 0.141. The van der Waals surface area contributed by atoms with Gasteiger partial charge in [-0.3, -0.25) is 4.79 Å². The number of nitrogens with one attached hydrogen (secondary N) is 1. The molecule has 1 aliphatic rings. The van der Waals surface area contributed by atoms with Crippen molar-refractivity contribution in [2.45, 2.75) is 12.1 Å². The number of amides is 1. The first-order valence-corrected chi connectivity index (χ1v) is 13.2. The number of hydrogen-bond acceptors (Lipinski definition) is 8. The fourth-order valence-electron chi connectivity index (χ4n) is 3.55. The van der Waals surface area contributed by atoms with Crippen LogP contribution in [0, 0.1) is 6.92 Å². The van der Waals surface area contributed by atoms with E-state index in [0.717, 1.165) is 16.9 Å². The predicted octanol–water partition coefficient (Wildman–Crippen LogP) is 1.78. The average molecular weight is 488 g/mol. The number of rotatable bonds is 7. The number of tetrazole rings is 1. The largest absolute Gasteiger partial charge is 0.367 e. The SMILES string of the molecule is Cc1ccc(-n2nnnc2SCC(=O)Nc2ccccc2N2CCN(S(C)(=O)=O)CC2)cc1. The zero-order chi connectivity index (χ0) is 23.4. The molecular weight excluding hydrogens is 462 g/mol. The first-order valence-electron chi connectivity index (χ1n) is 10.4. The molecule has 0 unspecified atom stereocenters. The fourth-order valence-corrected chi connectivity index (χ4v) is 5.07. The van der Waals surface area contributed by atoms with Crippen molar-refractivity contribution in [2.75, 3.05) is 48.4 Å². The van der Waals surface area contributed by atoms with Gasteiger partial charge in [0.15, 0.2) is 0 Å². The van der Waals surface area contributed by atoms with Crippen LogP contribution in [0.3, 0.4) is 0 Å². The highest BCUT2D eigenvalue weighted by Gasteiger charge is 2.25. The molecule has 12 heteroatoms. The summed E-state index contributed by atoms with van der Waals surface area (Å²) in [5.74, 6) is -0.0386. The van der Waals surface area contributed by atoms with E-state index in [9.17, 15) is 13.2 Å². The quantitative estimate of drug-likeness (QED) is 0.502. The standard InChI is InChI=1S/C21H25N7O3S2/c1-16-7-9-17(10-8-16)28-21(23-24-25-28)32-15-20(29)22-18-5-3-4-6-19(18)26-11-13-27(14-12-26)33(2,30)31/h3-10H,11-15H2,1-2H3,(H,22,29). The van der Waals surface area contributed by atoms with Crippen molar-refractivity contribution >= 4 is 39.1 Å². The fraction of sp³-hybridized carbons (Fsp3) is 0.333. The van der Waals surface area contributed by atoms with Crippen LogP contribution in [0.1, 0.15) is 5.56 Å². The molecule has 0 bridgehead atoms. The molecule has 33 heavy (non-hydrogen) atoms. The Morgan fingerprint density at radius 2 is 1.76 bits per heavy atom. The van der Waals surface area contributed by atoms with Crippen LogP contribution < -0.4 is 10.2 Å². The minimum atomic E-state index is -3.20. The summed E-state index contributed by atoms with van der Waals surface area (Å²) in [4.78, 5) is 14.8. The average Bonchev–Trinajstić information content (AvgIpc) is 3.27. The summed E-state index contributed by atoms with van der Waals surface area (Å²) in [6.07, 6.45) is 1.23. The molecule has 1 saturated heterocycles. The van der Waals surface area contributed by atoms with Gasteiger partial charge in [0.2, 0.25) is 21.1 Å². The van der Waals surface area contributed by atoms with Gasteiger partial charge in [-0.25, -0.2) is 8.42 Å². The third kappa shape index (κ3) is 5.70. The molecule has 1 fully saturated rings. The van der Waals surface area contributed by atoms with E-state index in [2.05, 4.69) is 25.7 Å². The lowest BCUT2D eigenvalue weighted by atomic mass is 10.2. The van der Waals surface area contributed by atoms with E-state index in [1.54, 1.807) is 4.68 Å². The van der Waals surface area contributed by atoms with Crippen LogP contribution in [0.5, 0.6) is 0 Å². The van der Waals surface area contributed by atoms with Crippen LogP contribution in [0.2, 0.25) is 0 Å². The molecule has 2 aromatic carbocycles. The van der Waals surface area contributed by atoms with E-state index >= 15 is 0 Å². The number of carbonyl (C=O) groups excluding carboxylic acids is 1. The van der Waals surface area contributed by atoms with Crippen LogP contribution in [-0.2, 0) is 14.8 Å². The Labute approximate surface area is 197 Å². The normalized spacial score (nSPS) is 14.9. The van der Waals surface area contributed by atoms with Gasteiger partial charge in [-0.1, -0.05) is 41.6 Å². The Morgan fingerprint density at radius 3 is 2.45 bits per heavy atom. The molecule has 0 radical (unpaired) electrons. The van der Waals surface area contributed by atoms with Gasteiger partial charge in [0.1, 0.15) is 0 Å². The van der Waals surface area contributed by atoms with Crippen LogP contribution in [0.25, 0.3) is 5.69 Å². The van der Waals surface area contributed by atoms with Crippen molar-refractivity contribution in [3.05, 3.63) is 54.1 Å². The molecular formula is C21H25N7O3S2. The second-order valence-corrected chi connectivity index (χ2v) is 10.6. The summed E-state index contributed by atoms with van der Waals surface area (Å²) in [6.45, 7) is 3.95. The minimum Gasteiger partial charge on any atom is -0.367 e. The van der Waals surface area contributed by atoms with Gasteiger partial charge in [0, 0.05) is 26.2 Å². The van der Waals surface area contributed by atoms with E-state index in [-0.39, 0.29) is 11.7 Å². The van der Waals surface area contributed by atoms with E-state index in [1.807, 2.05) is 55.5 Å². The number of hydrogen-bond donors (Lipinski definition) is 1. The van der Waals surface area contributed by atoms with E-state index in [0.29, 0.717) is 37.0 Å². The number of aryl methyl sites for hydroxylation is 1. The maximum atomic E-state index is 12.7. The lowest BCUT2D eigenvalue weighted by Crippen LogP contribution is -2.48. The Morgan fingerprint density at radius 1 is 1.06 bits per heavy atom. The lowest BCUT2D eigenvalue weighted by molar-refractivity contribution is -0.113. The third-order valence-corrected chi connectivity index (χ3v) is 7.50. The summed E-state index contributed by atoms with van der Waals surface area (Å²) < 4.78 is 26.6. The molecule has 1 N–H and O–H groups in total. The highest BCUT2D eigenvalue weighted by Crippen LogP contribution is 2.27. The van der Waals surface area contributed by atoms with Crippen molar-refractivity contribution in [1.82, 2.24) is 24.5 Å². The maximum Gasteiger partial charge on any atom is 0.234 e. The van der Waals surface area contributed by atoms with Gasteiger partial charge in [0.25, 0.3) is 0 Å². The number of nitrogens with zero attached hydrogens (tertiary/aromatic N) is 6. The number of aromatic nitrogens is 4.